The van der Waals surface area contributed by atoms with Crippen LogP contribution in [0, 0.1) is 0 Å². The summed E-state index contributed by atoms with van der Waals surface area (Å²) >= 11 is 0. The fourth-order valence-corrected chi connectivity index (χ4v) is 1.26. The third-order valence-corrected chi connectivity index (χ3v) is 2.17. The molecule has 0 bridgehead atoms. The highest BCUT2D eigenvalue weighted by molar-refractivity contribution is 5.81. The molecule has 0 aliphatic rings. The second kappa shape index (κ2) is 12.0. The molecule has 1 unspecified atom stereocenters. The van der Waals surface area contributed by atoms with Crippen molar-refractivity contribution in [1.29, 1.82) is 0 Å². The SMILES string of the molecule is CC.NCCCC(N=C/C=C/c1cnccn1)C(=O)O. The van der Waals surface area contributed by atoms with Crippen molar-refractivity contribution in [2.24, 2.45) is 10.7 Å². The van der Waals surface area contributed by atoms with E-state index in [1.807, 2.05) is 13.8 Å². The van der Waals surface area contributed by atoms with Crippen LogP contribution in [-0.4, -0.2) is 39.8 Å². The van der Waals surface area contributed by atoms with Gasteiger partial charge in [0.15, 0.2) is 0 Å². The zero-order valence-electron chi connectivity index (χ0n) is 11.9. The molecule has 1 aromatic heterocycles. The van der Waals surface area contributed by atoms with Gasteiger partial charge >= 0.3 is 5.97 Å². The van der Waals surface area contributed by atoms with Gasteiger partial charge in [0.1, 0.15) is 6.04 Å². The third-order valence-electron chi connectivity index (χ3n) is 2.17. The number of nitrogens with zero attached hydrogens (tertiary/aromatic N) is 3. The highest BCUT2D eigenvalue weighted by Gasteiger charge is 2.13. The van der Waals surface area contributed by atoms with Crippen molar-refractivity contribution in [3.8, 4) is 0 Å². The van der Waals surface area contributed by atoms with E-state index in [1.165, 1.54) is 6.21 Å². The molecule has 0 saturated carbocycles. The minimum Gasteiger partial charge on any atom is -0.480 e. The molecule has 0 radical (unpaired) electrons. The Bertz CT molecular complexity index is 418. The molecular formula is C14H22N4O2. The van der Waals surface area contributed by atoms with Crippen LogP contribution in [-0.2, 0) is 4.79 Å². The van der Waals surface area contributed by atoms with Crippen LogP contribution in [0.4, 0.5) is 0 Å². The number of rotatable bonds is 7. The number of allylic oxidation sites excluding steroid dienone is 1. The lowest BCUT2D eigenvalue weighted by Gasteiger charge is -2.04. The van der Waals surface area contributed by atoms with Crippen LogP contribution in [0.5, 0.6) is 0 Å². The van der Waals surface area contributed by atoms with Gasteiger partial charge in [-0.15, -0.1) is 0 Å². The van der Waals surface area contributed by atoms with E-state index in [9.17, 15) is 4.79 Å². The van der Waals surface area contributed by atoms with Gasteiger partial charge in [0, 0.05) is 18.6 Å². The smallest absolute Gasteiger partial charge is 0.328 e. The van der Waals surface area contributed by atoms with Crippen molar-refractivity contribution in [3.05, 3.63) is 30.4 Å². The number of carbonyl (C=O) groups is 1. The van der Waals surface area contributed by atoms with Gasteiger partial charge in [-0.05, 0) is 31.5 Å². The minimum absolute atomic E-state index is 0.446. The van der Waals surface area contributed by atoms with Crippen molar-refractivity contribution in [2.75, 3.05) is 6.54 Å². The summed E-state index contributed by atoms with van der Waals surface area (Å²) in [5.74, 6) is -0.937. The first-order valence-corrected chi connectivity index (χ1v) is 6.62. The van der Waals surface area contributed by atoms with Gasteiger partial charge in [-0.1, -0.05) is 13.8 Å². The lowest BCUT2D eigenvalue weighted by atomic mass is 10.1. The molecule has 1 rings (SSSR count). The van der Waals surface area contributed by atoms with E-state index in [1.54, 1.807) is 30.7 Å². The molecule has 0 aromatic carbocycles. The molecule has 1 atom stereocenters. The molecule has 0 amide bonds. The molecule has 0 spiro atoms. The van der Waals surface area contributed by atoms with E-state index in [4.69, 9.17) is 10.8 Å². The molecule has 0 fully saturated rings. The Labute approximate surface area is 119 Å². The van der Waals surface area contributed by atoms with E-state index in [0.717, 1.165) is 0 Å². The quantitative estimate of drug-likeness (QED) is 0.740. The van der Waals surface area contributed by atoms with Gasteiger partial charge in [0.05, 0.1) is 11.9 Å². The van der Waals surface area contributed by atoms with E-state index in [-0.39, 0.29) is 0 Å². The highest BCUT2D eigenvalue weighted by Crippen LogP contribution is 2.01. The number of aromatic nitrogens is 2. The predicted molar refractivity (Wildman–Crippen MR) is 80.6 cm³/mol. The van der Waals surface area contributed by atoms with Crippen molar-refractivity contribution in [3.63, 3.8) is 0 Å². The monoisotopic (exact) mass is 278 g/mol. The molecule has 20 heavy (non-hydrogen) atoms. The topological polar surface area (TPSA) is 101 Å². The van der Waals surface area contributed by atoms with Crippen molar-refractivity contribution < 1.29 is 9.90 Å². The first-order chi connectivity index (χ1) is 9.74. The zero-order valence-corrected chi connectivity index (χ0v) is 11.9. The Hall–Kier alpha value is -2.08. The normalized spacial score (nSPS) is 12.2. The number of aliphatic imine (C=N–C) groups is 1. The maximum absolute atomic E-state index is 10.9. The molecule has 0 aliphatic carbocycles. The molecule has 3 N–H and O–H groups in total. The lowest BCUT2D eigenvalue weighted by Crippen LogP contribution is -2.19. The number of nitrogens with two attached hydrogens (primary N) is 1. The van der Waals surface area contributed by atoms with Gasteiger partial charge in [0.25, 0.3) is 0 Å². The molecule has 1 heterocycles. The predicted octanol–water partition coefficient (Wildman–Crippen LogP) is 1.78. The zero-order chi connectivity index (χ0) is 15.2. The van der Waals surface area contributed by atoms with Gasteiger partial charge in [-0.2, -0.15) is 0 Å². The summed E-state index contributed by atoms with van der Waals surface area (Å²) in [6.45, 7) is 4.47. The van der Waals surface area contributed by atoms with E-state index in [0.29, 0.717) is 25.1 Å². The summed E-state index contributed by atoms with van der Waals surface area (Å²) in [7, 11) is 0. The molecule has 0 aliphatic heterocycles. The second-order valence-electron chi connectivity index (χ2n) is 3.57. The van der Waals surface area contributed by atoms with Crippen LogP contribution >= 0.6 is 0 Å². The maximum atomic E-state index is 10.9. The Balaban J connectivity index is 0.00000172. The third kappa shape index (κ3) is 8.10. The maximum Gasteiger partial charge on any atom is 0.328 e. The van der Waals surface area contributed by atoms with Crippen LogP contribution in [0.25, 0.3) is 6.08 Å². The van der Waals surface area contributed by atoms with Crippen LogP contribution in [0.1, 0.15) is 32.4 Å². The van der Waals surface area contributed by atoms with E-state index < -0.39 is 12.0 Å². The van der Waals surface area contributed by atoms with Crippen LogP contribution in [0.3, 0.4) is 0 Å². The summed E-state index contributed by atoms with van der Waals surface area (Å²) in [6.07, 6.45) is 10.7. The molecule has 110 valence electrons. The summed E-state index contributed by atoms with van der Waals surface area (Å²) in [5, 5.41) is 8.92. The van der Waals surface area contributed by atoms with Gasteiger partial charge in [-0.25, -0.2) is 4.79 Å². The summed E-state index contributed by atoms with van der Waals surface area (Å²) in [5.41, 5.74) is 6.03. The molecule has 6 nitrogen and oxygen atoms in total. The van der Waals surface area contributed by atoms with Crippen LogP contribution < -0.4 is 5.73 Å². The first kappa shape index (κ1) is 17.9. The van der Waals surface area contributed by atoms with Crippen molar-refractivity contribution in [1.82, 2.24) is 9.97 Å². The second-order valence-corrected chi connectivity index (χ2v) is 3.57. The lowest BCUT2D eigenvalue weighted by molar-refractivity contribution is -0.138. The number of hydrogen-bond acceptors (Lipinski definition) is 5. The average molecular weight is 278 g/mol. The number of aliphatic carboxylic acids is 1. The molecule has 0 saturated heterocycles. The summed E-state index contributed by atoms with van der Waals surface area (Å²) < 4.78 is 0. The molecular weight excluding hydrogens is 256 g/mol. The summed E-state index contributed by atoms with van der Waals surface area (Å²) in [6, 6.07) is -0.736. The number of carboxylic acid groups (broad SMARTS) is 1. The van der Waals surface area contributed by atoms with Crippen LogP contribution in [0.15, 0.2) is 29.7 Å². The van der Waals surface area contributed by atoms with E-state index >= 15 is 0 Å². The fourth-order valence-electron chi connectivity index (χ4n) is 1.26. The summed E-state index contributed by atoms with van der Waals surface area (Å²) in [4.78, 5) is 22.8. The Kier molecular flexibility index (Phi) is 10.7. The van der Waals surface area contributed by atoms with Gasteiger partial charge in [-0.3, -0.25) is 15.0 Å². The van der Waals surface area contributed by atoms with Gasteiger partial charge < -0.3 is 10.8 Å². The Morgan fingerprint density at radius 3 is 2.80 bits per heavy atom. The Morgan fingerprint density at radius 1 is 1.50 bits per heavy atom. The van der Waals surface area contributed by atoms with E-state index in [2.05, 4.69) is 15.0 Å². The standard InChI is InChI=1S/C12H16N4O2.C2H6/c13-5-1-4-11(12(17)18)16-6-2-3-10-9-14-7-8-15-10;1-2/h2-3,6-9,11H,1,4-5,13H2,(H,17,18);1-2H3/b3-2+,16-6?;. The highest BCUT2D eigenvalue weighted by atomic mass is 16.4. The number of hydrogen-bond donors (Lipinski definition) is 2. The minimum atomic E-state index is -0.937. The van der Waals surface area contributed by atoms with Crippen LogP contribution in [0.2, 0.25) is 0 Å². The fraction of sp³-hybridized carbons (Fsp3) is 0.429. The average Bonchev–Trinajstić information content (AvgIpc) is 2.49. The first-order valence-electron chi connectivity index (χ1n) is 6.62. The Morgan fingerprint density at radius 2 is 2.25 bits per heavy atom. The largest absolute Gasteiger partial charge is 0.480 e. The number of carboxylic acids is 1. The molecule has 6 heteroatoms. The van der Waals surface area contributed by atoms with Crippen molar-refractivity contribution >= 4 is 18.3 Å². The molecule has 1 aromatic rings. The van der Waals surface area contributed by atoms with Crippen molar-refractivity contribution in [2.45, 2.75) is 32.7 Å². The van der Waals surface area contributed by atoms with Gasteiger partial charge in [0.2, 0.25) is 0 Å².